The van der Waals surface area contributed by atoms with E-state index < -0.39 is 30.2 Å². The number of rotatable bonds is 8. The minimum Gasteiger partial charge on any atom is -0.435 e. The van der Waals surface area contributed by atoms with Crippen molar-refractivity contribution in [3.63, 3.8) is 0 Å². The van der Waals surface area contributed by atoms with Crippen molar-refractivity contribution in [1.82, 2.24) is 15.5 Å². The summed E-state index contributed by atoms with van der Waals surface area (Å²) in [6.07, 6.45) is -6.28. The number of nitrogens with one attached hydrogen (secondary N) is 3. The monoisotopic (exact) mass is 533 g/mol. The van der Waals surface area contributed by atoms with E-state index in [9.17, 15) is 27.6 Å². The number of hydrogen-bond donors (Lipinski definition) is 3. The Labute approximate surface area is 215 Å². The zero-order valence-electron chi connectivity index (χ0n) is 20.4. The fraction of sp³-hybridized carbons (Fsp3) is 0.360. The van der Waals surface area contributed by atoms with Gasteiger partial charge in [0, 0.05) is 41.7 Å². The predicted octanol–water partition coefficient (Wildman–Crippen LogP) is 3.61. The van der Waals surface area contributed by atoms with E-state index in [1.807, 2.05) is 12.1 Å². The van der Waals surface area contributed by atoms with E-state index in [4.69, 9.17) is 4.74 Å². The first-order chi connectivity index (χ1) is 18.2. The third-order valence-electron chi connectivity index (χ3n) is 5.89. The van der Waals surface area contributed by atoms with E-state index in [2.05, 4.69) is 30.5 Å². The van der Waals surface area contributed by atoms with Crippen molar-refractivity contribution in [1.29, 1.82) is 0 Å². The summed E-state index contributed by atoms with van der Waals surface area (Å²) in [7, 11) is 0. The van der Waals surface area contributed by atoms with Gasteiger partial charge in [0.25, 0.3) is 11.8 Å². The summed E-state index contributed by atoms with van der Waals surface area (Å²) in [6, 6.07) is 11.5. The van der Waals surface area contributed by atoms with E-state index in [-0.39, 0.29) is 17.8 Å². The van der Waals surface area contributed by atoms with Gasteiger partial charge in [-0.25, -0.2) is 4.79 Å². The van der Waals surface area contributed by atoms with Gasteiger partial charge in [-0.3, -0.25) is 14.7 Å². The number of esters is 1. The summed E-state index contributed by atoms with van der Waals surface area (Å²) in [5.41, 5.74) is 1.98. The molecular formula is C25H26F3N5O5. The molecule has 0 bridgehead atoms. The van der Waals surface area contributed by atoms with E-state index in [0.29, 0.717) is 36.1 Å². The van der Waals surface area contributed by atoms with Crippen LogP contribution in [0.2, 0.25) is 0 Å². The highest BCUT2D eigenvalue weighted by molar-refractivity contribution is 6.09. The molecule has 1 aliphatic rings. The van der Waals surface area contributed by atoms with Crippen LogP contribution in [0.1, 0.15) is 40.5 Å². The molecule has 1 unspecified atom stereocenters. The molecule has 2 aromatic carbocycles. The van der Waals surface area contributed by atoms with Crippen molar-refractivity contribution in [3.05, 3.63) is 53.6 Å². The molecule has 0 saturated carbocycles. The van der Waals surface area contributed by atoms with Crippen LogP contribution in [-0.4, -0.2) is 66.7 Å². The topological polar surface area (TPSA) is 126 Å². The summed E-state index contributed by atoms with van der Waals surface area (Å²) in [6.45, 7) is 4.50. The maximum atomic E-state index is 12.8. The second-order valence-electron chi connectivity index (χ2n) is 8.59. The number of halogens is 3. The summed E-state index contributed by atoms with van der Waals surface area (Å²) in [5.74, 6) is -3.38. The Morgan fingerprint density at radius 2 is 1.76 bits per heavy atom. The number of alkyl halides is 3. The Morgan fingerprint density at radius 1 is 1.08 bits per heavy atom. The van der Waals surface area contributed by atoms with Gasteiger partial charge >= 0.3 is 12.1 Å². The maximum Gasteiger partial charge on any atom is 0.491 e. The first kappa shape index (κ1) is 26.9. The molecule has 0 spiro atoms. The van der Waals surface area contributed by atoms with E-state index >= 15 is 0 Å². The number of aromatic nitrogens is 2. The van der Waals surface area contributed by atoms with Crippen molar-refractivity contribution in [2.45, 2.75) is 32.2 Å². The van der Waals surface area contributed by atoms with Crippen LogP contribution in [0.5, 0.6) is 0 Å². The van der Waals surface area contributed by atoms with Gasteiger partial charge in [0.15, 0.2) is 12.0 Å². The fourth-order valence-electron chi connectivity index (χ4n) is 3.92. The summed E-state index contributed by atoms with van der Waals surface area (Å²) in [4.78, 5) is 38.9. The Balaban J connectivity index is 1.46. The molecule has 13 heteroatoms. The third kappa shape index (κ3) is 6.40. The van der Waals surface area contributed by atoms with Gasteiger partial charge in [-0.15, -0.1) is 0 Å². The SMILES string of the molecule is CCCC(NC(=O)c1ccc2[nH]nc(NC(=O)c3ccc(N4CCOCC4)cc3)c2c1)OC(=O)C(F)(F)F. The number of carbonyl (C=O) groups excluding carboxylic acids is 3. The fourth-order valence-corrected chi connectivity index (χ4v) is 3.92. The smallest absolute Gasteiger partial charge is 0.435 e. The molecule has 1 aliphatic heterocycles. The number of anilines is 2. The quantitative estimate of drug-likeness (QED) is 0.298. The van der Waals surface area contributed by atoms with Gasteiger partial charge in [-0.2, -0.15) is 18.3 Å². The molecular weight excluding hydrogens is 507 g/mol. The molecule has 1 atom stereocenters. The standard InChI is InChI=1S/C25H26F3N5O5/c1-2-3-20(38-24(36)25(26,27)28)29-23(35)16-6-9-19-18(14-16)21(32-31-19)30-22(34)15-4-7-17(8-5-15)33-10-12-37-13-11-33/h4-9,14,20H,2-3,10-13H2,1H3,(H,29,35)(H2,30,31,32,34). The predicted molar refractivity (Wildman–Crippen MR) is 132 cm³/mol. The van der Waals surface area contributed by atoms with Gasteiger partial charge in [-0.05, 0) is 42.5 Å². The summed E-state index contributed by atoms with van der Waals surface area (Å²) in [5, 5.41) is 12.3. The average Bonchev–Trinajstić information content (AvgIpc) is 3.30. The van der Waals surface area contributed by atoms with Gasteiger partial charge in [0.1, 0.15) is 0 Å². The number of H-pyrrole nitrogens is 1. The zero-order valence-corrected chi connectivity index (χ0v) is 20.4. The molecule has 2 heterocycles. The molecule has 2 amide bonds. The number of nitrogens with zero attached hydrogens (tertiary/aromatic N) is 2. The minimum atomic E-state index is -5.18. The second-order valence-corrected chi connectivity index (χ2v) is 8.59. The van der Waals surface area contributed by atoms with Crippen LogP contribution in [0.15, 0.2) is 42.5 Å². The van der Waals surface area contributed by atoms with E-state index in [1.165, 1.54) is 12.1 Å². The Morgan fingerprint density at radius 3 is 2.42 bits per heavy atom. The van der Waals surface area contributed by atoms with Crippen molar-refractivity contribution in [3.8, 4) is 0 Å². The van der Waals surface area contributed by atoms with Crippen molar-refractivity contribution < 1.29 is 37.0 Å². The van der Waals surface area contributed by atoms with Crippen LogP contribution in [0, 0.1) is 0 Å². The second kappa shape index (κ2) is 11.5. The van der Waals surface area contributed by atoms with Gasteiger partial charge in [0.05, 0.1) is 18.7 Å². The number of morpholine rings is 1. The lowest BCUT2D eigenvalue weighted by atomic mass is 10.1. The van der Waals surface area contributed by atoms with Crippen LogP contribution >= 0.6 is 0 Å². The number of hydrogen-bond acceptors (Lipinski definition) is 7. The molecule has 4 rings (SSSR count). The normalized spacial score (nSPS) is 14.7. The Kier molecular flexibility index (Phi) is 8.15. The summed E-state index contributed by atoms with van der Waals surface area (Å²) >= 11 is 0. The average molecular weight is 534 g/mol. The molecule has 0 aliphatic carbocycles. The Bertz CT molecular complexity index is 1300. The van der Waals surface area contributed by atoms with E-state index in [0.717, 1.165) is 18.8 Å². The Hall–Kier alpha value is -4.13. The highest BCUT2D eigenvalue weighted by Gasteiger charge is 2.42. The number of amides is 2. The number of carbonyl (C=O) groups is 3. The molecule has 38 heavy (non-hydrogen) atoms. The van der Waals surface area contributed by atoms with Gasteiger partial charge < -0.3 is 25.0 Å². The molecule has 3 N–H and O–H groups in total. The lowest BCUT2D eigenvalue weighted by Crippen LogP contribution is -2.41. The zero-order chi connectivity index (χ0) is 27.3. The molecule has 1 fully saturated rings. The number of ether oxygens (including phenoxy) is 2. The first-order valence-electron chi connectivity index (χ1n) is 12.0. The molecule has 1 aromatic heterocycles. The van der Waals surface area contributed by atoms with Gasteiger partial charge in [0.2, 0.25) is 0 Å². The van der Waals surface area contributed by atoms with Crippen LogP contribution in [0.3, 0.4) is 0 Å². The van der Waals surface area contributed by atoms with Crippen molar-refractivity contribution in [2.24, 2.45) is 0 Å². The van der Waals surface area contributed by atoms with Crippen molar-refractivity contribution in [2.75, 3.05) is 36.5 Å². The van der Waals surface area contributed by atoms with Crippen LogP contribution < -0.4 is 15.5 Å². The lowest BCUT2D eigenvalue weighted by molar-refractivity contribution is -0.206. The van der Waals surface area contributed by atoms with Crippen LogP contribution in [0.25, 0.3) is 10.9 Å². The summed E-state index contributed by atoms with van der Waals surface area (Å²) < 4.78 is 47.5. The maximum absolute atomic E-state index is 12.8. The number of aromatic amines is 1. The number of benzene rings is 2. The van der Waals surface area contributed by atoms with Crippen molar-refractivity contribution >= 4 is 40.2 Å². The molecule has 10 nitrogen and oxygen atoms in total. The highest BCUT2D eigenvalue weighted by atomic mass is 19.4. The van der Waals surface area contributed by atoms with Crippen LogP contribution in [-0.2, 0) is 14.3 Å². The number of fused-ring (bicyclic) bond motifs is 1. The lowest BCUT2D eigenvalue weighted by Gasteiger charge is -2.28. The molecule has 0 radical (unpaired) electrons. The van der Waals surface area contributed by atoms with Crippen LogP contribution in [0.4, 0.5) is 24.7 Å². The molecule has 3 aromatic rings. The highest BCUT2D eigenvalue weighted by Crippen LogP contribution is 2.24. The largest absolute Gasteiger partial charge is 0.491 e. The minimum absolute atomic E-state index is 0.00680. The van der Waals surface area contributed by atoms with E-state index in [1.54, 1.807) is 25.1 Å². The molecule has 202 valence electrons. The first-order valence-corrected chi connectivity index (χ1v) is 12.0. The third-order valence-corrected chi connectivity index (χ3v) is 5.89. The molecule has 1 saturated heterocycles. The van der Waals surface area contributed by atoms with Gasteiger partial charge in [-0.1, -0.05) is 13.3 Å².